The van der Waals surface area contributed by atoms with E-state index in [1.807, 2.05) is 0 Å². The molecular formula is C7H2BF8NO4S2. The number of rotatable bonds is 3. The molecule has 5 nitrogen and oxygen atoms in total. The summed E-state index contributed by atoms with van der Waals surface area (Å²) in [6.45, 7) is 0. The average Bonchev–Trinajstić information content (AvgIpc) is 2.40. The van der Waals surface area contributed by atoms with Crippen LogP contribution in [0.2, 0.25) is 0 Å². The van der Waals surface area contributed by atoms with E-state index in [1.165, 1.54) is 0 Å². The van der Waals surface area contributed by atoms with Gasteiger partial charge in [-0.3, -0.25) is 0 Å². The molecule has 0 aliphatic carbocycles. The van der Waals surface area contributed by atoms with E-state index < -0.39 is 63.2 Å². The summed E-state index contributed by atoms with van der Waals surface area (Å²) < 4.78 is 146. The van der Waals surface area contributed by atoms with E-state index >= 15 is 0 Å². The smallest absolute Gasteiger partial charge is 0.207 e. The van der Waals surface area contributed by atoms with Crippen LogP contribution in [0.15, 0.2) is 4.90 Å². The predicted octanol–water partition coefficient (Wildman–Crippen LogP) is 0.771. The molecule has 0 radical (unpaired) electrons. The van der Waals surface area contributed by atoms with E-state index in [9.17, 15) is 52.0 Å². The number of halogens is 8. The van der Waals surface area contributed by atoms with Crippen molar-refractivity contribution in [2.75, 3.05) is 0 Å². The molecule has 0 aliphatic heterocycles. The number of alkyl halides is 3. The van der Waals surface area contributed by atoms with Crippen molar-refractivity contribution in [1.82, 2.24) is 3.62 Å². The highest BCUT2D eigenvalue weighted by molar-refractivity contribution is 8.05. The van der Waals surface area contributed by atoms with E-state index in [1.54, 1.807) is 0 Å². The van der Waals surface area contributed by atoms with Crippen molar-refractivity contribution in [2.45, 2.75) is 10.4 Å². The molecule has 0 amide bonds. The fraction of sp³-hybridized carbons (Fsp3) is 0.143. The number of sulfonamides is 2. The van der Waals surface area contributed by atoms with E-state index in [2.05, 4.69) is 0 Å². The van der Waals surface area contributed by atoms with Gasteiger partial charge >= 0.3 is 15.5 Å². The SMILES string of the molecule is BN(S(=O)(=O)c1c(F)c(F)c(F)c(F)c1F)S(=O)(=O)C(F)(F)F. The molecule has 16 heteroatoms. The Bertz CT molecular complexity index is 836. The second kappa shape index (κ2) is 5.59. The number of nitrogens with zero attached hydrogens (tertiary/aromatic N) is 1. The summed E-state index contributed by atoms with van der Waals surface area (Å²) in [6, 6.07) is 0. The van der Waals surface area contributed by atoms with Gasteiger partial charge in [-0.2, -0.15) is 13.2 Å². The fourth-order valence-electron chi connectivity index (χ4n) is 1.21. The molecule has 0 N–H and O–H groups in total. The van der Waals surface area contributed by atoms with Crippen LogP contribution >= 0.6 is 0 Å². The van der Waals surface area contributed by atoms with Gasteiger partial charge in [0.15, 0.2) is 28.2 Å². The molecule has 0 atom stereocenters. The lowest BCUT2D eigenvalue weighted by Gasteiger charge is -2.20. The Kier molecular flexibility index (Phi) is 4.77. The lowest BCUT2D eigenvalue weighted by molar-refractivity contribution is -0.0456. The highest BCUT2D eigenvalue weighted by atomic mass is 32.3. The Labute approximate surface area is 124 Å². The summed E-state index contributed by atoms with van der Waals surface area (Å²) in [7, 11) is -13.2. The Balaban J connectivity index is 3.79. The summed E-state index contributed by atoms with van der Waals surface area (Å²) in [4.78, 5) is -2.73. The zero-order valence-corrected chi connectivity index (χ0v) is 12.1. The molecule has 0 aliphatic rings. The van der Waals surface area contributed by atoms with E-state index in [0.29, 0.717) is 0 Å². The topological polar surface area (TPSA) is 71.5 Å². The van der Waals surface area contributed by atoms with E-state index in [4.69, 9.17) is 0 Å². The largest absolute Gasteiger partial charge is 0.511 e. The lowest BCUT2D eigenvalue weighted by Crippen LogP contribution is -2.43. The Morgan fingerprint density at radius 1 is 0.739 bits per heavy atom. The van der Waals surface area contributed by atoms with Gasteiger partial charge in [-0.1, -0.05) is 0 Å². The molecule has 1 aromatic rings. The van der Waals surface area contributed by atoms with Crippen LogP contribution in [0, 0.1) is 29.1 Å². The van der Waals surface area contributed by atoms with Gasteiger partial charge in [0.1, 0.15) is 0 Å². The van der Waals surface area contributed by atoms with E-state index in [-0.39, 0.29) is 7.98 Å². The molecule has 0 aromatic heterocycles. The van der Waals surface area contributed by atoms with Gasteiger partial charge in [0, 0.05) is 0 Å². The molecule has 0 fully saturated rings. The van der Waals surface area contributed by atoms with Crippen molar-refractivity contribution < 1.29 is 52.0 Å². The van der Waals surface area contributed by atoms with Crippen LogP contribution in [0.25, 0.3) is 0 Å². The van der Waals surface area contributed by atoms with Crippen molar-refractivity contribution in [1.29, 1.82) is 0 Å². The average molecular weight is 391 g/mol. The van der Waals surface area contributed by atoms with Gasteiger partial charge < -0.3 is 0 Å². The summed E-state index contributed by atoms with van der Waals surface area (Å²) in [5.74, 6) is -14.3. The third kappa shape index (κ3) is 2.89. The standard InChI is InChI=1S/C7H2BF8NO4S2/c8-17(23(20,21)7(14,15)16)22(18,19)6-4(12)2(10)1(9)3(11)5(6)13/h8H2. The van der Waals surface area contributed by atoms with Crippen molar-refractivity contribution in [3.63, 3.8) is 0 Å². The minimum absolute atomic E-state index is 0.282. The van der Waals surface area contributed by atoms with Crippen molar-refractivity contribution in [3.05, 3.63) is 29.1 Å². The third-order valence-electron chi connectivity index (χ3n) is 2.40. The molecule has 0 saturated heterocycles. The van der Waals surface area contributed by atoms with Crippen molar-refractivity contribution in [3.8, 4) is 0 Å². The van der Waals surface area contributed by atoms with Crippen LogP contribution in [-0.4, -0.2) is 33.9 Å². The first-order valence-electron chi connectivity index (χ1n) is 4.90. The molecule has 1 aromatic carbocycles. The van der Waals surface area contributed by atoms with Crippen LogP contribution < -0.4 is 0 Å². The van der Waals surface area contributed by atoms with Crippen LogP contribution in [-0.2, 0) is 20.0 Å². The van der Waals surface area contributed by atoms with Gasteiger partial charge in [0.2, 0.25) is 13.8 Å². The van der Waals surface area contributed by atoms with Gasteiger partial charge in [-0.05, 0) is 0 Å². The number of benzene rings is 1. The van der Waals surface area contributed by atoms with Crippen LogP contribution in [0.1, 0.15) is 0 Å². The molecule has 1 rings (SSSR count). The number of hydrogen-bond donors (Lipinski definition) is 0. The molecule has 0 saturated carbocycles. The van der Waals surface area contributed by atoms with Crippen LogP contribution in [0.4, 0.5) is 35.1 Å². The molecular weight excluding hydrogens is 389 g/mol. The molecule has 0 unspecified atom stereocenters. The second-order valence-corrected chi connectivity index (χ2v) is 7.83. The first-order chi connectivity index (χ1) is 10.1. The third-order valence-corrected chi connectivity index (χ3v) is 6.39. The van der Waals surface area contributed by atoms with Crippen LogP contribution in [0.5, 0.6) is 0 Å². The zero-order chi connectivity index (χ0) is 18.5. The monoisotopic (exact) mass is 391 g/mol. The summed E-state index contributed by atoms with van der Waals surface area (Å²) in [6.07, 6.45) is 0. The Hall–Kier alpha value is -1.42. The maximum Gasteiger partial charge on any atom is 0.511 e. The zero-order valence-electron chi connectivity index (χ0n) is 10.4. The van der Waals surface area contributed by atoms with Crippen LogP contribution in [0.3, 0.4) is 0 Å². The van der Waals surface area contributed by atoms with Gasteiger partial charge in [-0.15, -0.1) is 3.62 Å². The van der Waals surface area contributed by atoms with Gasteiger partial charge in [0.05, 0.1) is 0 Å². The first-order valence-corrected chi connectivity index (χ1v) is 7.78. The predicted molar refractivity (Wildman–Crippen MR) is 58.8 cm³/mol. The Morgan fingerprint density at radius 2 is 1.04 bits per heavy atom. The number of hydrogen-bond acceptors (Lipinski definition) is 4. The normalized spacial score (nSPS) is 13.6. The summed E-state index contributed by atoms with van der Waals surface area (Å²) in [5, 5.41) is 0. The van der Waals surface area contributed by atoms with Gasteiger partial charge in [0.25, 0.3) is 10.0 Å². The molecule has 23 heavy (non-hydrogen) atoms. The molecule has 0 heterocycles. The van der Waals surface area contributed by atoms with Crippen molar-refractivity contribution in [2.24, 2.45) is 0 Å². The Morgan fingerprint density at radius 3 is 1.35 bits per heavy atom. The van der Waals surface area contributed by atoms with Crippen molar-refractivity contribution >= 4 is 28.0 Å². The van der Waals surface area contributed by atoms with E-state index in [0.717, 1.165) is 0 Å². The minimum atomic E-state index is -6.68. The highest BCUT2D eigenvalue weighted by Crippen LogP contribution is 2.33. The molecule has 0 spiro atoms. The lowest BCUT2D eigenvalue weighted by atomic mass is 10.3. The maximum atomic E-state index is 13.3. The minimum Gasteiger partial charge on any atom is -0.207 e. The fourth-order valence-corrected chi connectivity index (χ4v) is 3.91. The first kappa shape index (κ1) is 19.6. The molecule has 0 bridgehead atoms. The maximum absolute atomic E-state index is 13.3. The van der Waals surface area contributed by atoms with Gasteiger partial charge in [-0.25, -0.2) is 38.8 Å². The summed E-state index contributed by atoms with van der Waals surface area (Å²) in [5.41, 5.74) is -6.21. The quantitative estimate of drug-likeness (QED) is 0.331. The summed E-state index contributed by atoms with van der Waals surface area (Å²) >= 11 is 0. The highest BCUT2D eigenvalue weighted by Gasteiger charge is 2.53. The molecule has 130 valence electrons. The second-order valence-electron chi connectivity index (χ2n) is 3.73.